The average Bonchev–Trinajstić information content (AvgIpc) is 2.79. The highest BCUT2D eigenvalue weighted by molar-refractivity contribution is 6.35. The Balaban J connectivity index is 1.78. The van der Waals surface area contributed by atoms with E-state index in [0.717, 1.165) is 18.5 Å². The maximum absolute atomic E-state index is 6.04. The fourth-order valence-electron chi connectivity index (χ4n) is 1.39. The molecule has 0 fully saturated rings. The number of nitrogens with zero attached hydrogens (tertiary/aromatic N) is 2. The highest BCUT2D eigenvalue weighted by Gasteiger charge is 2.01. The molecule has 0 bridgehead atoms. The lowest BCUT2D eigenvalue weighted by Crippen LogP contribution is -2.17. The molecular formula is C11H11Cl2N3O. The minimum Gasteiger partial charge on any atom is -0.343 e. The number of nitrogens with one attached hydrogen (secondary N) is 1. The summed E-state index contributed by atoms with van der Waals surface area (Å²) in [6, 6.07) is 5.47. The Morgan fingerprint density at radius 3 is 2.88 bits per heavy atom. The molecule has 1 aromatic heterocycles. The van der Waals surface area contributed by atoms with Gasteiger partial charge in [-0.25, -0.2) is 0 Å². The van der Waals surface area contributed by atoms with Gasteiger partial charge in [-0.05, 0) is 17.7 Å². The second kappa shape index (κ2) is 6.00. The molecule has 0 atom stereocenters. The van der Waals surface area contributed by atoms with E-state index in [1.165, 1.54) is 6.39 Å². The van der Waals surface area contributed by atoms with Crippen LogP contribution in [0.3, 0.4) is 0 Å². The van der Waals surface area contributed by atoms with Crippen LogP contribution in [0.2, 0.25) is 10.0 Å². The van der Waals surface area contributed by atoms with Crippen molar-refractivity contribution in [3.05, 3.63) is 46.0 Å². The van der Waals surface area contributed by atoms with Gasteiger partial charge < -0.3 is 9.84 Å². The summed E-state index contributed by atoms with van der Waals surface area (Å²) in [5.41, 5.74) is 1.02. The molecule has 0 unspecified atom stereocenters. The van der Waals surface area contributed by atoms with Gasteiger partial charge in [0, 0.05) is 29.6 Å². The van der Waals surface area contributed by atoms with Crippen LogP contribution in [-0.2, 0) is 13.0 Å². The quantitative estimate of drug-likeness (QED) is 0.850. The normalized spacial score (nSPS) is 10.7. The highest BCUT2D eigenvalue weighted by Crippen LogP contribution is 2.20. The first-order valence-electron chi connectivity index (χ1n) is 5.15. The van der Waals surface area contributed by atoms with Gasteiger partial charge in [-0.3, -0.25) is 0 Å². The fraction of sp³-hybridized carbons (Fsp3) is 0.273. The highest BCUT2D eigenvalue weighted by atomic mass is 35.5. The molecule has 1 aromatic carbocycles. The zero-order chi connectivity index (χ0) is 12.1. The Labute approximate surface area is 109 Å². The standard InChI is InChI=1S/C11H11Cl2N3O/c12-9-2-1-8(10(13)5-9)6-14-4-3-11-15-7-17-16-11/h1-2,5,7,14H,3-4,6H2. The van der Waals surface area contributed by atoms with Crippen molar-refractivity contribution in [2.75, 3.05) is 6.54 Å². The van der Waals surface area contributed by atoms with Crippen LogP contribution in [-0.4, -0.2) is 16.7 Å². The predicted molar refractivity (Wildman–Crippen MR) is 66.2 cm³/mol. The molecule has 2 aromatic rings. The van der Waals surface area contributed by atoms with E-state index >= 15 is 0 Å². The van der Waals surface area contributed by atoms with Gasteiger partial charge in [0.2, 0.25) is 6.39 Å². The lowest BCUT2D eigenvalue weighted by atomic mass is 10.2. The van der Waals surface area contributed by atoms with Crippen molar-refractivity contribution in [2.24, 2.45) is 0 Å². The summed E-state index contributed by atoms with van der Waals surface area (Å²) in [6.45, 7) is 1.45. The summed E-state index contributed by atoms with van der Waals surface area (Å²) in [6.07, 6.45) is 2.05. The Kier molecular flexibility index (Phi) is 4.36. The molecule has 17 heavy (non-hydrogen) atoms. The summed E-state index contributed by atoms with van der Waals surface area (Å²) in [7, 11) is 0. The van der Waals surface area contributed by atoms with Crippen LogP contribution in [0.15, 0.2) is 29.1 Å². The summed E-state index contributed by atoms with van der Waals surface area (Å²) in [4.78, 5) is 3.93. The lowest BCUT2D eigenvalue weighted by Gasteiger charge is -2.05. The molecule has 0 aliphatic rings. The summed E-state index contributed by atoms with van der Waals surface area (Å²) < 4.78 is 4.64. The Morgan fingerprint density at radius 2 is 2.18 bits per heavy atom. The summed E-state index contributed by atoms with van der Waals surface area (Å²) in [5, 5.41) is 8.29. The van der Waals surface area contributed by atoms with Crippen LogP contribution in [0.5, 0.6) is 0 Å². The molecule has 0 amide bonds. The van der Waals surface area contributed by atoms with Crippen LogP contribution < -0.4 is 5.32 Å². The predicted octanol–water partition coefficient (Wildman–Crippen LogP) is 2.71. The Hall–Kier alpha value is -1.10. The average molecular weight is 272 g/mol. The summed E-state index contributed by atoms with van der Waals surface area (Å²) >= 11 is 11.9. The van der Waals surface area contributed by atoms with Gasteiger partial charge in [0.15, 0.2) is 5.82 Å². The van der Waals surface area contributed by atoms with Crippen molar-refractivity contribution in [3.8, 4) is 0 Å². The second-order valence-electron chi connectivity index (χ2n) is 3.51. The van der Waals surface area contributed by atoms with Crippen molar-refractivity contribution in [3.63, 3.8) is 0 Å². The largest absolute Gasteiger partial charge is 0.343 e. The fourth-order valence-corrected chi connectivity index (χ4v) is 1.87. The molecular weight excluding hydrogens is 261 g/mol. The van der Waals surface area contributed by atoms with E-state index in [-0.39, 0.29) is 0 Å². The zero-order valence-corrected chi connectivity index (χ0v) is 10.5. The van der Waals surface area contributed by atoms with Crippen LogP contribution in [0.25, 0.3) is 0 Å². The molecule has 1 heterocycles. The van der Waals surface area contributed by atoms with Crippen molar-refractivity contribution >= 4 is 23.2 Å². The van der Waals surface area contributed by atoms with Gasteiger partial charge in [-0.1, -0.05) is 34.4 Å². The van der Waals surface area contributed by atoms with E-state index in [4.69, 9.17) is 23.2 Å². The number of rotatable bonds is 5. The first-order chi connectivity index (χ1) is 8.25. The van der Waals surface area contributed by atoms with E-state index in [2.05, 4.69) is 20.0 Å². The van der Waals surface area contributed by atoms with E-state index in [0.29, 0.717) is 22.4 Å². The molecule has 0 aliphatic heterocycles. The van der Waals surface area contributed by atoms with Crippen LogP contribution in [0.1, 0.15) is 11.4 Å². The number of benzene rings is 1. The molecule has 90 valence electrons. The molecule has 0 aliphatic carbocycles. The smallest absolute Gasteiger partial charge is 0.213 e. The van der Waals surface area contributed by atoms with E-state index in [9.17, 15) is 0 Å². The van der Waals surface area contributed by atoms with Crippen molar-refractivity contribution in [1.82, 2.24) is 15.5 Å². The topological polar surface area (TPSA) is 51.0 Å². The Bertz CT molecular complexity index is 474. The second-order valence-corrected chi connectivity index (χ2v) is 4.35. The molecule has 0 saturated carbocycles. The molecule has 0 radical (unpaired) electrons. The van der Waals surface area contributed by atoms with Crippen LogP contribution in [0, 0.1) is 0 Å². The molecule has 1 N–H and O–H groups in total. The van der Waals surface area contributed by atoms with Crippen LogP contribution >= 0.6 is 23.2 Å². The molecule has 6 heteroatoms. The van der Waals surface area contributed by atoms with Crippen molar-refractivity contribution in [2.45, 2.75) is 13.0 Å². The van der Waals surface area contributed by atoms with Crippen LogP contribution in [0.4, 0.5) is 0 Å². The van der Waals surface area contributed by atoms with Gasteiger partial charge in [-0.2, -0.15) is 4.98 Å². The van der Waals surface area contributed by atoms with E-state index in [1.807, 2.05) is 12.1 Å². The van der Waals surface area contributed by atoms with Crippen molar-refractivity contribution in [1.29, 1.82) is 0 Å². The van der Waals surface area contributed by atoms with Crippen molar-refractivity contribution < 1.29 is 4.52 Å². The first-order valence-corrected chi connectivity index (χ1v) is 5.91. The maximum atomic E-state index is 6.04. The van der Waals surface area contributed by atoms with Gasteiger partial charge >= 0.3 is 0 Å². The number of halogens is 2. The van der Waals surface area contributed by atoms with Gasteiger partial charge in [0.05, 0.1) is 0 Å². The monoisotopic (exact) mass is 271 g/mol. The maximum Gasteiger partial charge on any atom is 0.213 e. The number of hydrogen-bond acceptors (Lipinski definition) is 4. The summed E-state index contributed by atoms with van der Waals surface area (Å²) in [5.74, 6) is 0.694. The lowest BCUT2D eigenvalue weighted by molar-refractivity contribution is 0.409. The number of hydrogen-bond donors (Lipinski definition) is 1. The molecule has 0 spiro atoms. The van der Waals surface area contributed by atoms with E-state index in [1.54, 1.807) is 6.07 Å². The molecule has 0 saturated heterocycles. The van der Waals surface area contributed by atoms with E-state index < -0.39 is 0 Å². The third-order valence-corrected chi connectivity index (χ3v) is 2.85. The van der Waals surface area contributed by atoms with Gasteiger partial charge in [-0.15, -0.1) is 0 Å². The third-order valence-electron chi connectivity index (χ3n) is 2.26. The number of aromatic nitrogens is 2. The Morgan fingerprint density at radius 1 is 1.29 bits per heavy atom. The first kappa shape index (κ1) is 12.4. The van der Waals surface area contributed by atoms with Gasteiger partial charge in [0.25, 0.3) is 0 Å². The van der Waals surface area contributed by atoms with Gasteiger partial charge in [0.1, 0.15) is 0 Å². The third kappa shape index (κ3) is 3.70. The minimum atomic E-state index is 0.644. The zero-order valence-electron chi connectivity index (χ0n) is 8.99. The minimum absolute atomic E-state index is 0.644. The molecule has 2 rings (SSSR count). The SMILES string of the molecule is Clc1ccc(CNCCc2ncon2)c(Cl)c1. The molecule has 4 nitrogen and oxygen atoms in total.